The van der Waals surface area contributed by atoms with E-state index in [4.69, 9.17) is 5.73 Å². The molecule has 0 bridgehead atoms. The molecule has 2 aliphatic rings. The molecule has 2 rings (SSSR count). The minimum atomic E-state index is 0.0418. The molecule has 0 aliphatic heterocycles. The molecule has 82 valence electrons. The molecule has 0 aromatic rings. The highest BCUT2D eigenvalue weighted by Gasteiger charge is 2.38. The van der Waals surface area contributed by atoms with Gasteiger partial charge in [-0.25, -0.2) is 0 Å². The maximum absolute atomic E-state index is 6.25. The molecule has 0 heterocycles. The topological polar surface area (TPSA) is 38.0 Å². The summed E-state index contributed by atoms with van der Waals surface area (Å²) >= 11 is 0. The van der Waals surface area contributed by atoms with Crippen LogP contribution in [0.1, 0.15) is 46.0 Å². The first-order valence-corrected chi connectivity index (χ1v) is 6.02. The second-order valence-corrected chi connectivity index (χ2v) is 6.05. The predicted molar refractivity (Wildman–Crippen MR) is 60.1 cm³/mol. The Morgan fingerprint density at radius 2 is 2.07 bits per heavy atom. The summed E-state index contributed by atoms with van der Waals surface area (Å²) in [5.74, 6) is 0.782. The minimum absolute atomic E-state index is 0.0418. The summed E-state index contributed by atoms with van der Waals surface area (Å²) in [6, 6.07) is 0. The molecule has 2 heteroatoms. The summed E-state index contributed by atoms with van der Waals surface area (Å²) in [7, 11) is 0. The molecule has 0 saturated heterocycles. The Hall–Kier alpha value is -0.0800. The van der Waals surface area contributed by atoms with Crippen molar-refractivity contribution in [2.45, 2.75) is 51.5 Å². The SMILES string of the molecule is CC1(CNCC(C)(N)C2CC2)CCC1. The van der Waals surface area contributed by atoms with Gasteiger partial charge in [-0.15, -0.1) is 0 Å². The van der Waals surface area contributed by atoms with Crippen molar-refractivity contribution in [3.05, 3.63) is 0 Å². The van der Waals surface area contributed by atoms with Gasteiger partial charge >= 0.3 is 0 Å². The van der Waals surface area contributed by atoms with E-state index in [9.17, 15) is 0 Å². The Bertz CT molecular complexity index is 202. The lowest BCUT2D eigenvalue weighted by molar-refractivity contribution is 0.152. The molecular weight excluding hydrogens is 172 g/mol. The van der Waals surface area contributed by atoms with Crippen molar-refractivity contribution in [2.24, 2.45) is 17.1 Å². The lowest BCUT2D eigenvalue weighted by Gasteiger charge is -2.39. The average molecular weight is 196 g/mol. The van der Waals surface area contributed by atoms with Gasteiger partial charge < -0.3 is 11.1 Å². The average Bonchev–Trinajstić information content (AvgIpc) is 2.82. The van der Waals surface area contributed by atoms with Gasteiger partial charge in [0.05, 0.1) is 0 Å². The molecule has 0 aromatic carbocycles. The third-order valence-electron chi connectivity index (χ3n) is 4.13. The zero-order chi connectivity index (χ0) is 10.2. The van der Waals surface area contributed by atoms with E-state index in [-0.39, 0.29) is 5.54 Å². The van der Waals surface area contributed by atoms with Crippen molar-refractivity contribution < 1.29 is 0 Å². The zero-order valence-electron chi connectivity index (χ0n) is 9.60. The van der Waals surface area contributed by atoms with Crippen LogP contribution < -0.4 is 11.1 Å². The van der Waals surface area contributed by atoms with Crippen molar-refractivity contribution >= 4 is 0 Å². The summed E-state index contributed by atoms with van der Waals surface area (Å²) < 4.78 is 0. The van der Waals surface area contributed by atoms with Gasteiger partial charge in [-0.1, -0.05) is 13.3 Å². The Balaban J connectivity index is 1.66. The molecule has 3 N–H and O–H groups in total. The van der Waals surface area contributed by atoms with Crippen molar-refractivity contribution in [2.75, 3.05) is 13.1 Å². The van der Waals surface area contributed by atoms with Crippen molar-refractivity contribution in [1.29, 1.82) is 0 Å². The van der Waals surface area contributed by atoms with Crippen LogP contribution in [0.5, 0.6) is 0 Å². The van der Waals surface area contributed by atoms with Crippen molar-refractivity contribution in [3.8, 4) is 0 Å². The summed E-state index contributed by atoms with van der Waals surface area (Å²) in [5.41, 5.74) is 6.87. The molecule has 2 fully saturated rings. The van der Waals surface area contributed by atoms with E-state index >= 15 is 0 Å². The highest BCUT2D eigenvalue weighted by Crippen LogP contribution is 2.40. The highest BCUT2D eigenvalue weighted by atomic mass is 15.0. The lowest BCUT2D eigenvalue weighted by Crippen LogP contribution is -2.50. The summed E-state index contributed by atoms with van der Waals surface area (Å²) in [6.45, 7) is 6.73. The zero-order valence-corrected chi connectivity index (χ0v) is 9.60. The Labute approximate surface area is 87.6 Å². The van der Waals surface area contributed by atoms with E-state index in [1.54, 1.807) is 0 Å². The van der Waals surface area contributed by atoms with E-state index in [1.165, 1.54) is 32.1 Å². The largest absolute Gasteiger partial charge is 0.324 e. The van der Waals surface area contributed by atoms with E-state index in [0.29, 0.717) is 5.41 Å². The monoisotopic (exact) mass is 196 g/mol. The molecule has 0 aromatic heterocycles. The van der Waals surface area contributed by atoms with Crippen LogP contribution in [-0.2, 0) is 0 Å². The predicted octanol–water partition coefficient (Wildman–Crippen LogP) is 1.89. The molecule has 2 saturated carbocycles. The maximum Gasteiger partial charge on any atom is 0.0280 e. The fraction of sp³-hybridized carbons (Fsp3) is 1.00. The first-order chi connectivity index (χ1) is 6.52. The van der Waals surface area contributed by atoms with Crippen LogP contribution in [-0.4, -0.2) is 18.6 Å². The first kappa shape index (κ1) is 10.4. The normalized spacial score (nSPS) is 29.4. The highest BCUT2D eigenvalue weighted by molar-refractivity contribution is 4.97. The molecule has 0 radical (unpaired) electrons. The van der Waals surface area contributed by atoms with Gasteiger partial charge in [-0.3, -0.25) is 0 Å². The number of hydrogen-bond donors (Lipinski definition) is 2. The van der Waals surface area contributed by atoms with Crippen molar-refractivity contribution in [1.82, 2.24) is 5.32 Å². The number of rotatable bonds is 5. The second kappa shape index (κ2) is 3.49. The fourth-order valence-electron chi connectivity index (χ4n) is 2.48. The van der Waals surface area contributed by atoms with E-state index < -0.39 is 0 Å². The van der Waals surface area contributed by atoms with Crippen molar-refractivity contribution in [3.63, 3.8) is 0 Å². The Morgan fingerprint density at radius 1 is 1.43 bits per heavy atom. The third-order valence-corrected chi connectivity index (χ3v) is 4.13. The molecule has 0 spiro atoms. The van der Waals surface area contributed by atoms with E-state index in [2.05, 4.69) is 19.2 Å². The van der Waals surface area contributed by atoms with Gasteiger partial charge in [0.15, 0.2) is 0 Å². The summed E-state index contributed by atoms with van der Waals surface area (Å²) in [4.78, 5) is 0. The smallest absolute Gasteiger partial charge is 0.0280 e. The van der Waals surface area contributed by atoms with Crippen LogP contribution in [0.4, 0.5) is 0 Å². The lowest BCUT2D eigenvalue weighted by atomic mass is 9.70. The van der Waals surface area contributed by atoms with Gasteiger partial charge in [-0.2, -0.15) is 0 Å². The standard InChI is InChI=1S/C12H24N2/c1-11(6-3-7-11)8-14-9-12(2,13)10-4-5-10/h10,14H,3-9,13H2,1-2H3. The Kier molecular flexibility index (Phi) is 2.61. The van der Waals surface area contributed by atoms with Gasteiger partial charge in [0.25, 0.3) is 0 Å². The van der Waals surface area contributed by atoms with E-state index in [1.807, 2.05) is 0 Å². The maximum atomic E-state index is 6.25. The molecule has 1 unspecified atom stereocenters. The molecule has 0 amide bonds. The summed E-state index contributed by atoms with van der Waals surface area (Å²) in [6.07, 6.45) is 6.88. The molecular formula is C12H24N2. The van der Waals surface area contributed by atoms with Crippen LogP contribution in [0.25, 0.3) is 0 Å². The Morgan fingerprint density at radius 3 is 2.50 bits per heavy atom. The van der Waals surface area contributed by atoms with Gasteiger partial charge in [0.2, 0.25) is 0 Å². The molecule has 14 heavy (non-hydrogen) atoms. The second-order valence-electron chi connectivity index (χ2n) is 6.05. The van der Waals surface area contributed by atoms with Crippen LogP contribution in [0.3, 0.4) is 0 Å². The first-order valence-electron chi connectivity index (χ1n) is 6.02. The third kappa shape index (κ3) is 2.29. The quantitative estimate of drug-likeness (QED) is 0.705. The van der Waals surface area contributed by atoms with Crippen LogP contribution in [0.2, 0.25) is 0 Å². The number of nitrogens with one attached hydrogen (secondary N) is 1. The van der Waals surface area contributed by atoms with Gasteiger partial charge in [-0.05, 0) is 43.9 Å². The van der Waals surface area contributed by atoms with Gasteiger partial charge in [0.1, 0.15) is 0 Å². The minimum Gasteiger partial charge on any atom is -0.324 e. The molecule has 1 atom stereocenters. The fourth-order valence-corrected chi connectivity index (χ4v) is 2.48. The van der Waals surface area contributed by atoms with E-state index in [0.717, 1.165) is 19.0 Å². The molecule has 2 nitrogen and oxygen atoms in total. The van der Waals surface area contributed by atoms with Crippen LogP contribution in [0, 0.1) is 11.3 Å². The number of hydrogen-bond acceptors (Lipinski definition) is 2. The van der Waals surface area contributed by atoms with Gasteiger partial charge in [0, 0.05) is 18.6 Å². The summed E-state index contributed by atoms with van der Waals surface area (Å²) in [5, 5.41) is 3.56. The van der Waals surface area contributed by atoms with Crippen LogP contribution in [0.15, 0.2) is 0 Å². The molecule has 2 aliphatic carbocycles. The van der Waals surface area contributed by atoms with Crippen LogP contribution >= 0.6 is 0 Å². The number of nitrogens with two attached hydrogens (primary N) is 1.